The third-order valence-electron chi connectivity index (χ3n) is 4.91. The van der Waals surface area contributed by atoms with Crippen molar-refractivity contribution in [1.82, 2.24) is 20.1 Å². The number of ether oxygens (including phenoxy) is 2. The lowest BCUT2D eigenvalue weighted by atomic mass is 10.2. The molecule has 1 aromatic heterocycles. The molecule has 172 valence electrons. The van der Waals surface area contributed by atoms with E-state index in [1.54, 1.807) is 38.5 Å². The quantitative estimate of drug-likeness (QED) is 0.386. The van der Waals surface area contributed by atoms with Crippen LogP contribution in [0.5, 0.6) is 11.5 Å². The molecule has 0 fully saturated rings. The normalized spacial score (nSPS) is 10.5. The van der Waals surface area contributed by atoms with Crippen LogP contribution < -0.4 is 14.8 Å². The summed E-state index contributed by atoms with van der Waals surface area (Å²) < 4.78 is 12.3. The maximum absolute atomic E-state index is 12.5. The molecule has 0 aliphatic carbocycles. The highest BCUT2D eigenvalue weighted by Crippen LogP contribution is 2.29. The number of methoxy groups -OCH3 is 2. The topological polar surface area (TPSA) is 95.3 Å². The Hall–Kier alpha value is -4.11. The molecular formula is C25H22N4O4S. The Labute approximate surface area is 200 Å². The molecule has 0 aliphatic heterocycles. The number of aromatic nitrogens is 3. The summed E-state index contributed by atoms with van der Waals surface area (Å²) >= 11 is 1.19. The van der Waals surface area contributed by atoms with Crippen molar-refractivity contribution in [1.29, 1.82) is 0 Å². The average Bonchev–Trinajstić information content (AvgIpc) is 3.32. The number of amides is 2. The van der Waals surface area contributed by atoms with E-state index >= 15 is 0 Å². The molecule has 0 unspecified atom stereocenters. The van der Waals surface area contributed by atoms with Crippen molar-refractivity contribution >= 4 is 23.6 Å². The number of para-hydroxylation sites is 1. The minimum absolute atomic E-state index is 0.00896. The van der Waals surface area contributed by atoms with Crippen LogP contribution in [-0.4, -0.2) is 46.6 Å². The summed E-state index contributed by atoms with van der Waals surface area (Å²) in [5.41, 5.74) is 2.04. The first-order valence-electron chi connectivity index (χ1n) is 10.4. The molecule has 9 heteroatoms. The Bertz CT molecular complexity index is 1290. The zero-order chi connectivity index (χ0) is 23.9. The van der Waals surface area contributed by atoms with Gasteiger partial charge in [0, 0.05) is 16.8 Å². The van der Waals surface area contributed by atoms with E-state index in [0.717, 1.165) is 11.3 Å². The van der Waals surface area contributed by atoms with Crippen LogP contribution >= 0.6 is 11.8 Å². The van der Waals surface area contributed by atoms with E-state index in [0.29, 0.717) is 28.0 Å². The number of carbonyl (C=O) groups is 2. The number of benzene rings is 3. The van der Waals surface area contributed by atoms with Gasteiger partial charge in [0.05, 0.1) is 20.0 Å². The zero-order valence-electron chi connectivity index (χ0n) is 18.6. The summed E-state index contributed by atoms with van der Waals surface area (Å²) in [5.74, 6) is 1.02. The lowest BCUT2D eigenvalue weighted by Crippen LogP contribution is -2.31. The molecule has 34 heavy (non-hydrogen) atoms. The van der Waals surface area contributed by atoms with Crippen molar-refractivity contribution < 1.29 is 19.1 Å². The highest BCUT2D eigenvalue weighted by molar-refractivity contribution is 7.99. The summed E-state index contributed by atoms with van der Waals surface area (Å²) in [7, 11) is 3.15. The van der Waals surface area contributed by atoms with Gasteiger partial charge in [-0.15, -0.1) is 10.2 Å². The van der Waals surface area contributed by atoms with E-state index < -0.39 is 11.8 Å². The molecule has 1 heterocycles. The van der Waals surface area contributed by atoms with Gasteiger partial charge in [0.15, 0.2) is 11.0 Å². The van der Waals surface area contributed by atoms with Gasteiger partial charge in [0.2, 0.25) is 5.91 Å². The first kappa shape index (κ1) is 23.1. The molecule has 0 saturated heterocycles. The molecule has 0 atom stereocenters. The first-order chi connectivity index (χ1) is 16.6. The number of nitrogens with one attached hydrogen (secondary N) is 1. The van der Waals surface area contributed by atoms with Crippen molar-refractivity contribution in [2.45, 2.75) is 5.16 Å². The number of carbonyl (C=O) groups excluding carboxylic acids is 2. The van der Waals surface area contributed by atoms with Gasteiger partial charge in [0.1, 0.15) is 11.5 Å². The number of nitrogens with zero attached hydrogens (tertiary/aromatic N) is 3. The van der Waals surface area contributed by atoms with E-state index in [1.807, 2.05) is 59.2 Å². The number of imide groups is 1. The predicted octanol–water partition coefficient (Wildman–Crippen LogP) is 4.00. The maximum atomic E-state index is 12.5. The number of hydrogen-bond acceptors (Lipinski definition) is 7. The van der Waals surface area contributed by atoms with Gasteiger partial charge in [0.25, 0.3) is 5.91 Å². The fourth-order valence-electron chi connectivity index (χ4n) is 3.23. The van der Waals surface area contributed by atoms with Crippen LogP contribution in [0.3, 0.4) is 0 Å². The molecule has 0 spiro atoms. The van der Waals surface area contributed by atoms with E-state index in [1.165, 1.54) is 11.8 Å². The van der Waals surface area contributed by atoms with Crippen molar-refractivity contribution in [3.8, 4) is 28.6 Å². The Morgan fingerprint density at radius 2 is 1.62 bits per heavy atom. The highest BCUT2D eigenvalue weighted by atomic mass is 32.2. The van der Waals surface area contributed by atoms with Gasteiger partial charge in [-0.3, -0.25) is 19.5 Å². The molecule has 4 rings (SSSR count). The van der Waals surface area contributed by atoms with Gasteiger partial charge in [-0.1, -0.05) is 42.1 Å². The fraction of sp³-hybridized carbons (Fsp3) is 0.120. The Morgan fingerprint density at radius 1 is 0.882 bits per heavy atom. The summed E-state index contributed by atoms with van der Waals surface area (Å²) in [6.45, 7) is 0. The van der Waals surface area contributed by atoms with Gasteiger partial charge in [-0.05, 0) is 48.5 Å². The van der Waals surface area contributed by atoms with Crippen LogP contribution in [-0.2, 0) is 4.79 Å². The number of thioether (sulfide) groups is 1. The highest BCUT2D eigenvalue weighted by Gasteiger charge is 2.18. The van der Waals surface area contributed by atoms with Gasteiger partial charge >= 0.3 is 0 Å². The van der Waals surface area contributed by atoms with Crippen molar-refractivity contribution in [2.24, 2.45) is 0 Å². The molecule has 8 nitrogen and oxygen atoms in total. The number of hydrogen-bond donors (Lipinski definition) is 1. The molecular weight excluding hydrogens is 452 g/mol. The molecule has 0 radical (unpaired) electrons. The Kier molecular flexibility index (Phi) is 7.24. The minimum atomic E-state index is -0.477. The SMILES string of the molecule is COc1ccc(C(=O)NC(=O)CSc2nnc(-c3cccc(OC)c3)n2-c2ccccc2)cc1. The second-order valence-electron chi connectivity index (χ2n) is 7.10. The molecule has 3 aromatic carbocycles. The minimum Gasteiger partial charge on any atom is -0.497 e. The van der Waals surface area contributed by atoms with Crippen LogP contribution in [0, 0.1) is 0 Å². The molecule has 4 aromatic rings. The average molecular weight is 475 g/mol. The van der Waals surface area contributed by atoms with Crippen LogP contribution in [0.2, 0.25) is 0 Å². The standard InChI is InChI=1S/C25H22N4O4S/c1-32-20-13-11-17(12-14-20)24(31)26-22(30)16-34-25-28-27-23(18-7-6-10-21(15-18)33-2)29(25)19-8-4-3-5-9-19/h3-15H,16H2,1-2H3,(H,26,30,31). The molecule has 1 N–H and O–H groups in total. The molecule has 0 bridgehead atoms. The third-order valence-corrected chi connectivity index (χ3v) is 5.84. The van der Waals surface area contributed by atoms with Crippen LogP contribution in [0.1, 0.15) is 10.4 Å². The Balaban J connectivity index is 1.53. The van der Waals surface area contributed by atoms with E-state index in [9.17, 15) is 9.59 Å². The fourth-order valence-corrected chi connectivity index (χ4v) is 3.98. The summed E-state index contributed by atoms with van der Waals surface area (Å²) in [6, 6.07) is 23.7. The van der Waals surface area contributed by atoms with Crippen LogP contribution in [0.15, 0.2) is 84.0 Å². The Morgan fingerprint density at radius 3 is 2.32 bits per heavy atom. The maximum Gasteiger partial charge on any atom is 0.257 e. The summed E-state index contributed by atoms with van der Waals surface area (Å²) in [4.78, 5) is 24.9. The van der Waals surface area contributed by atoms with E-state index in [-0.39, 0.29) is 5.75 Å². The zero-order valence-corrected chi connectivity index (χ0v) is 19.4. The van der Waals surface area contributed by atoms with Crippen LogP contribution in [0.4, 0.5) is 0 Å². The smallest absolute Gasteiger partial charge is 0.257 e. The van der Waals surface area contributed by atoms with Crippen molar-refractivity contribution in [3.05, 3.63) is 84.4 Å². The van der Waals surface area contributed by atoms with Gasteiger partial charge in [-0.2, -0.15) is 0 Å². The number of rotatable bonds is 8. The molecule has 2 amide bonds. The van der Waals surface area contributed by atoms with Gasteiger partial charge < -0.3 is 9.47 Å². The lowest BCUT2D eigenvalue weighted by Gasteiger charge is -2.11. The molecule has 0 aliphatic rings. The first-order valence-corrected chi connectivity index (χ1v) is 11.3. The van der Waals surface area contributed by atoms with Crippen molar-refractivity contribution in [2.75, 3.05) is 20.0 Å². The predicted molar refractivity (Wildman–Crippen MR) is 130 cm³/mol. The lowest BCUT2D eigenvalue weighted by molar-refractivity contribution is -0.117. The van der Waals surface area contributed by atoms with Crippen molar-refractivity contribution in [3.63, 3.8) is 0 Å². The second-order valence-corrected chi connectivity index (χ2v) is 8.05. The summed E-state index contributed by atoms with van der Waals surface area (Å²) in [6.07, 6.45) is 0. The van der Waals surface area contributed by atoms with E-state index in [4.69, 9.17) is 9.47 Å². The molecule has 0 saturated carbocycles. The largest absolute Gasteiger partial charge is 0.497 e. The third kappa shape index (κ3) is 5.26. The monoisotopic (exact) mass is 474 g/mol. The van der Waals surface area contributed by atoms with Crippen LogP contribution in [0.25, 0.3) is 17.1 Å². The van der Waals surface area contributed by atoms with Gasteiger partial charge in [-0.25, -0.2) is 0 Å². The second kappa shape index (κ2) is 10.7. The summed E-state index contributed by atoms with van der Waals surface area (Å²) in [5, 5.41) is 11.6. The van der Waals surface area contributed by atoms with E-state index in [2.05, 4.69) is 15.5 Å².